The number of nitrogens with zero attached hydrogens (tertiary/aromatic N) is 3. The summed E-state index contributed by atoms with van der Waals surface area (Å²) >= 11 is 0. The topological polar surface area (TPSA) is 134 Å². The van der Waals surface area contributed by atoms with Gasteiger partial charge in [-0.3, -0.25) is 9.78 Å². The van der Waals surface area contributed by atoms with E-state index in [0.29, 0.717) is 34.7 Å². The molecule has 176 valence electrons. The van der Waals surface area contributed by atoms with Crippen LogP contribution in [-0.2, 0) is 11.2 Å². The molecule has 1 atom stereocenters. The molecule has 0 fully saturated rings. The first-order valence-electron chi connectivity index (χ1n) is 10.8. The second kappa shape index (κ2) is 10.9. The quantitative estimate of drug-likeness (QED) is 0.451. The summed E-state index contributed by atoms with van der Waals surface area (Å²) in [4.78, 5) is 20.0. The van der Waals surface area contributed by atoms with Crippen LogP contribution in [0.15, 0.2) is 34.9 Å². The molecule has 0 unspecified atom stereocenters. The molecule has 9 heteroatoms. The molecule has 2 aromatic heterocycles. The molecule has 33 heavy (non-hydrogen) atoms. The molecular formula is C24H30N4O5. The Morgan fingerprint density at radius 1 is 1.21 bits per heavy atom. The summed E-state index contributed by atoms with van der Waals surface area (Å²) in [5, 5.41) is 14.0. The molecule has 0 radical (unpaired) electrons. The maximum Gasteiger partial charge on any atom is 0.258 e. The van der Waals surface area contributed by atoms with Crippen molar-refractivity contribution in [1.82, 2.24) is 15.1 Å². The lowest BCUT2D eigenvalue weighted by atomic mass is 10.1. The molecule has 1 amide bonds. The zero-order valence-corrected chi connectivity index (χ0v) is 19.4. The fourth-order valence-corrected chi connectivity index (χ4v) is 3.36. The number of rotatable bonds is 11. The molecule has 0 aliphatic rings. The highest BCUT2D eigenvalue weighted by Gasteiger charge is 2.17. The predicted octanol–water partition coefficient (Wildman–Crippen LogP) is 3.32. The maximum atomic E-state index is 10.8. The zero-order chi connectivity index (χ0) is 24.0. The van der Waals surface area contributed by atoms with Crippen molar-refractivity contribution in [2.45, 2.75) is 46.1 Å². The molecule has 0 spiro atoms. The lowest BCUT2D eigenvalue weighted by molar-refractivity contribution is -0.118. The molecule has 9 nitrogen and oxygen atoms in total. The summed E-state index contributed by atoms with van der Waals surface area (Å²) in [7, 11) is 1.54. The van der Waals surface area contributed by atoms with E-state index in [2.05, 4.69) is 29.0 Å². The van der Waals surface area contributed by atoms with Gasteiger partial charge in [-0.25, -0.2) is 0 Å². The van der Waals surface area contributed by atoms with Crippen LogP contribution >= 0.6 is 0 Å². The van der Waals surface area contributed by atoms with Crippen molar-refractivity contribution >= 4 is 5.91 Å². The van der Waals surface area contributed by atoms with E-state index in [4.69, 9.17) is 19.7 Å². The second-order valence-electron chi connectivity index (χ2n) is 8.34. The van der Waals surface area contributed by atoms with Gasteiger partial charge < -0.3 is 24.8 Å². The first kappa shape index (κ1) is 24.2. The normalized spacial score (nSPS) is 12.1. The van der Waals surface area contributed by atoms with E-state index in [1.165, 1.54) is 7.11 Å². The summed E-state index contributed by atoms with van der Waals surface area (Å²) in [6.45, 7) is 6.27. The van der Waals surface area contributed by atoms with Crippen LogP contribution in [-0.4, -0.2) is 46.0 Å². The number of hydrogen-bond donors (Lipinski definition) is 2. The number of benzene rings is 1. The van der Waals surface area contributed by atoms with Crippen molar-refractivity contribution in [3.63, 3.8) is 0 Å². The number of hydrogen-bond acceptors (Lipinski definition) is 8. The van der Waals surface area contributed by atoms with Gasteiger partial charge in [0.2, 0.25) is 11.7 Å². The van der Waals surface area contributed by atoms with Gasteiger partial charge in [-0.1, -0.05) is 19.0 Å². The number of aromatic nitrogens is 3. The Bertz CT molecular complexity index is 1100. The third kappa shape index (κ3) is 6.76. The van der Waals surface area contributed by atoms with Crippen LogP contribution < -0.4 is 15.2 Å². The second-order valence-corrected chi connectivity index (χ2v) is 8.34. The van der Waals surface area contributed by atoms with E-state index in [0.717, 1.165) is 23.4 Å². The highest BCUT2D eigenvalue weighted by Crippen LogP contribution is 2.33. The van der Waals surface area contributed by atoms with Crippen molar-refractivity contribution in [3.05, 3.63) is 41.7 Å². The number of ether oxygens (including phenoxy) is 2. The van der Waals surface area contributed by atoms with Crippen LogP contribution in [0.1, 0.15) is 38.1 Å². The Morgan fingerprint density at radius 3 is 2.70 bits per heavy atom. The number of aliphatic hydroxyl groups excluding tert-OH is 1. The lowest BCUT2D eigenvalue weighted by Crippen LogP contribution is -2.21. The van der Waals surface area contributed by atoms with E-state index >= 15 is 0 Å². The van der Waals surface area contributed by atoms with Crippen LogP contribution in [0.5, 0.6) is 11.5 Å². The summed E-state index contributed by atoms with van der Waals surface area (Å²) in [6.07, 6.45) is 0.404. The maximum absolute atomic E-state index is 10.8. The largest absolute Gasteiger partial charge is 0.496 e. The van der Waals surface area contributed by atoms with E-state index in [1.54, 1.807) is 18.2 Å². The molecule has 2 heterocycles. The number of amides is 1. The van der Waals surface area contributed by atoms with Gasteiger partial charge in [0.25, 0.3) is 5.89 Å². The third-order valence-electron chi connectivity index (χ3n) is 4.88. The molecular weight excluding hydrogens is 424 g/mol. The minimum atomic E-state index is -0.799. The van der Waals surface area contributed by atoms with Gasteiger partial charge >= 0.3 is 0 Å². The number of pyridine rings is 1. The number of nitrogens with two attached hydrogens (primary N) is 1. The minimum Gasteiger partial charge on any atom is -0.496 e. The number of aryl methyl sites for hydroxylation is 1. The average molecular weight is 455 g/mol. The number of primary amides is 1. The van der Waals surface area contributed by atoms with Crippen LogP contribution in [0, 0.1) is 12.8 Å². The molecule has 3 rings (SSSR count). The molecule has 0 aliphatic heterocycles. The molecule has 3 N–H and O–H groups in total. The summed E-state index contributed by atoms with van der Waals surface area (Å²) in [6, 6.07) is 9.07. The number of carbonyl (C=O) groups is 1. The minimum absolute atomic E-state index is 0.0300. The van der Waals surface area contributed by atoms with Gasteiger partial charge in [-0.2, -0.15) is 4.98 Å². The van der Waals surface area contributed by atoms with Gasteiger partial charge in [0.15, 0.2) is 0 Å². The van der Waals surface area contributed by atoms with Crippen LogP contribution in [0.3, 0.4) is 0 Å². The summed E-state index contributed by atoms with van der Waals surface area (Å²) < 4.78 is 16.6. The van der Waals surface area contributed by atoms with E-state index < -0.39 is 12.0 Å². The van der Waals surface area contributed by atoms with Gasteiger partial charge in [0.1, 0.15) is 18.1 Å². The Balaban J connectivity index is 1.77. The average Bonchev–Trinajstić information content (AvgIpc) is 3.25. The van der Waals surface area contributed by atoms with E-state index in [-0.39, 0.29) is 19.4 Å². The van der Waals surface area contributed by atoms with Gasteiger partial charge in [0, 0.05) is 29.4 Å². The van der Waals surface area contributed by atoms with Gasteiger partial charge in [-0.15, -0.1) is 0 Å². The summed E-state index contributed by atoms with van der Waals surface area (Å²) in [5.74, 6) is 1.81. The molecule has 0 bridgehead atoms. The van der Waals surface area contributed by atoms with E-state index in [9.17, 15) is 9.90 Å². The number of methoxy groups -OCH3 is 1. The summed E-state index contributed by atoms with van der Waals surface area (Å²) in [5.41, 5.74) is 8.43. The van der Waals surface area contributed by atoms with Gasteiger partial charge in [0.05, 0.1) is 18.8 Å². The first-order chi connectivity index (χ1) is 15.7. The van der Waals surface area contributed by atoms with Crippen LogP contribution in [0.4, 0.5) is 0 Å². The molecule has 1 aromatic carbocycles. The molecule has 3 aromatic rings. The number of aliphatic hydroxyl groups is 1. The highest BCUT2D eigenvalue weighted by atomic mass is 16.5. The zero-order valence-electron chi connectivity index (χ0n) is 19.4. The van der Waals surface area contributed by atoms with Gasteiger partial charge in [-0.05, 0) is 49.9 Å². The molecule has 0 aliphatic carbocycles. The van der Waals surface area contributed by atoms with Crippen LogP contribution in [0.2, 0.25) is 0 Å². The van der Waals surface area contributed by atoms with Crippen molar-refractivity contribution < 1.29 is 23.9 Å². The molecule has 0 saturated heterocycles. The lowest BCUT2D eigenvalue weighted by Gasteiger charge is -2.13. The van der Waals surface area contributed by atoms with Crippen molar-refractivity contribution in [1.29, 1.82) is 0 Å². The SMILES string of the molecule is COc1cc(OC[C@@H](O)CCC(N)=O)ccc1-c1noc(-c2cc(C)nc(CC(C)C)c2)n1. The Hall–Kier alpha value is -3.46. The third-order valence-corrected chi connectivity index (χ3v) is 4.88. The Kier molecular flexibility index (Phi) is 8.00. The predicted molar refractivity (Wildman–Crippen MR) is 123 cm³/mol. The Labute approximate surface area is 192 Å². The standard InChI is InChI=1S/C24H30N4O5/c1-14(2)9-17-11-16(10-15(3)26-17)24-27-23(28-33-24)20-7-6-19(12-21(20)31-4)32-13-18(29)5-8-22(25)30/h6-7,10-12,14,18,29H,5,8-9,13H2,1-4H3,(H2,25,30)/t18-/m0/s1. The van der Waals surface area contributed by atoms with Crippen LogP contribution in [0.25, 0.3) is 22.8 Å². The fourth-order valence-electron chi connectivity index (χ4n) is 3.36. The fraction of sp³-hybridized carbons (Fsp3) is 0.417. The number of carbonyl (C=O) groups excluding carboxylic acids is 1. The monoisotopic (exact) mass is 454 g/mol. The highest BCUT2D eigenvalue weighted by molar-refractivity contribution is 5.73. The smallest absolute Gasteiger partial charge is 0.258 e. The van der Waals surface area contributed by atoms with Crippen molar-refractivity contribution in [2.75, 3.05) is 13.7 Å². The molecule has 0 saturated carbocycles. The Morgan fingerprint density at radius 2 is 2.00 bits per heavy atom. The van der Waals surface area contributed by atoms with Crippen molar-refractivity contribution in [3.8, 4) is 34.3 Å². The van der Waals surface area contributed by atoms with Crippen molar-refractivity contribution in [2.24, 2.45) is 11.7 Å². The first-order valence-corrected chi connectivity index (χ1v) is 10.8. The van der Waals surface area contributed by atoms with E-state index in [1.807, 2.05) is 19.1 Å².